The van der Waals surface area contributed by atoms with E-state index >= 15 is 0 Å². The highest BCUT2D eigenvalue weighted by Crippen LogP contribution is 2.30. The van der Waals surface area contributed by atoms with Crippen molar-refractivity contribution in [1.29, 1.82) is 0 Å². The fourth-order valence-electron chi connectivity index (χ4n) is 2.97. The highest BCUT2D eigenvalue weighted by molar-refractivity contribution is 6.04. The van der Waals surface area contributed by atoms with E-state index in [2.05, 4.69) is 15.5 Å². The molecule has 0 fully saturated rings. The summed E-state index contributed by atoms with van der Waals surface area (Å²) in [6, 6.07) is 18.4. The minimum atomic E-state index is -4.42. The van der Waals surface area contributed by atoms with Crippen molar-refractivity contribution in [3.8, 4) is 22.9 Å². The molecule has 0 radical (unpaired) electrons. The van der Waals surface area contributed by atoms with Crippen LogP contribution in [-0.4, -0.2) is 16.1 Å². The van der Waals surface area contributed by atoms with E-state index in [0.29, 0.717) is 22.9 Å². The second-order valence-corrected chi connectivity index (χ2v) is 6.83. The first-order chi connectivity index (χ1) is 14.8. The Balaban J connectivity index is 1.47. The molecule has 156 valence electrons. The molecule has 1 aromatic heterocycles. The van der Waals surface area contributed by atoms with Crippen LogP contribution in [0.3, 0.4) is 0 Å². The second kappa shape index (κ2) is 8.06. The predicted molar refractivity (Wildman–Crippen MR) is 109 cm³/mol. The van der Waals surface area contributed by atoms with Crippen LogP contribution in [0.2, 0.25) is 0 Å². The summed E-state index contributed by atoms with van der Waals surface area (Å²) < 4.78 is 43.7. The predicted octanol–water partition coefficient (Wildman–Crippen LogP) is 5.98. The van der Waals surface area contributed by atoms with Gasteiger partial charge in [0.25, 0.3) is 5.91 Å². The van der Waals surface area contributed by atoms with Crippen molar-refractivity contribution >= 4 is 11.6 Å². The number of nitrogens with zero attached hydrogens (tertiary/aromatic N) is 2. The average Bonchev–Trinajstić information content (AvgIpc) is 3.24. The summed E-state index contributed by atoms with van der Waals surface area (Å²) in [5.41, 5.74) is 2.31. The van der Waals surface area contributed by atoms with E-state index in [4.69, 9.17) is 4.42 Å². The third-order valence-corrected chi connectivity index (χ3v) is 4.66. The van der Waals surface area contributed by atoms with Gasteiger partial charge in [-0.15, -0.1) is 10.2 Å². The minimum Gasteiger partial charge on any atom is -0.416 e. The van der Waals surface area contributed by atoms with Crippen LogP contribution in [0.1, 0.15) is 21.5 Å². The number of benzene rings is 3. The van der Waals surface area contributed by atoms with Gasteiger partial charge in [0.15, 0.2) is 0 Å². The Hall–Kier alpha value is -3.94. The summed E-state index contributed by atoms with van der Waals surface area (Å²) in [5.74, 6) is 0.266. The SMILES string of the molecule is Cc1ccccc1-c1nnc(-c2ccc(C(=O)Nc3ccc(C(F)(F)F)cc3)cc2)o1. The van der Waals surface area contributed by atoms with Crippen molar-refractivity contribution in [2.24, 2.45) is 0 Å². The maximum atomic E-state index is 12.6. The van der Waals surface area contributed by atoms with Gasteiger partial charge in [0, 0.05) is 22.4 Å². The highest BCUT2D eigenvalue weighted by Gasteiger charge is 2.30. The number of hydrogen-bond acceptors (Lipinski definition) is 4. The van der Waals surface area contributed by atoms with Gasteiger partial charge in [0.2, 0.25) is 11.8 Å². The Morgan fingerprint density at radius 2 is 1.52 bits per heavy atom. The van der Waals surface area contributed by atoms with Gasteiger partial charge >= 0.3 is 6.18 Å². The fraction of sp³-hybridized carbons (Fsp3) is 0.0870. The average molecular weight is 423 g/mol. The van der Waals surface area contributed by atoms with Crippen LogP contribution < -0.4 is 5.32 Å². The first-order valence-corrected chi connectivity index (χ1v) is 9.30. The smallest absolute Gasteiger partial charge is 0.416 e. The molecule has 1 amide bonds. The van der Waals surface area contributed by atoms with Gasteiger partial charge in [-0.2, -0.15) is 13.2 Å². The zero-order chi connectivity index (χ0) is 22.0. The lowest BCUT2D eigenvalue weighted by atomic mass is 10.1. The van der Waals surface area contributed by atoms with Crippen molar-refractivity contribution in [2.75, 3.05) is 5.32 Å². The van der Waals surface area contributed by atoms with Crippen LogP contribution in [0.15, 0.2) is 77.2 Å². The molecular formula is C23H16F3N3O2. The van der Waals surface area contributed by atoms with Gasteiger partial charge in [-0.3, -0.25) is 4.79 Å². The molecule has 0 atom stereocenters. The Morgan fingerprint density at radius 1 is 0.871 bits per heavy atom. The van der Waals surface area contributed by atoms with E-state index in [0.717, 1.165) is 23.3 Å². The van der Waals surface area contributed by atoms with Crippen molar-refractivity contribution < 1.29 is 22.4 Å². The summed E-state index contributed by atoms with van der Waals surface area (Å²) in [5, 5.41) is 10.7. The summed E-state index contributed by atoms with van der Waals surface area (Å²) >= 11 is 0. The van der Waals surface area contributed by atoms with E-state index < -0.39 is 17.6 Å². The molecule has 0 aliphatic carbocycles. The standard InChI is InChI=1S/C23H16F3N3O2/c1-14-4-2-3-5-19(14)22-29-28-21(31-22)16-8-6-15(7-9-16)20(30)27-18-12-10-17(11-13-18)23(24,25)26/h2-13H,1H3,(H,27,30). The monoisotopic (exact) mass is 423 g/mol. The number of alkyl halides is 3. The number of nitrogens with one attached hydrogen (secondary N) is 1. The lowest BCUT2D eigenvalue weighted by Gasteiger charge is -2.09. The van der Waals surface area contributed by atoms with Crippen LogP contribution in [0.5, 0.6) is 0 Å². The molecule has 0 unspecified atom stereocenters. The zero-order valence-corrected chi connectivity index (χ0v) is 16.3. The number of anilines is 1. The molecule has 1 heterocycles. The molecule has 0 saturated carbocycles. The maximum absolute atomic E-state index is 12.6. The molecule has 5 nitrogen and oxygen atoms in total. The number of aryl methyl sites for hydroxylation is 1. The minimum absolute atomic E-state index is 0.266. The van der Waals surface area contributed by atoms with Gasteiger partial charge in [0.1, 0.15) is 0 Å². The number of hydrogen-bond donors (Lipinski definition) is 1. The summed E-state index contributed by atoms with van der Waals surface area (Å²) in [7, 11) is 0. The van der Waals surface area contributed by atoms with Crippen LogP contribution >= 0.6 is 0 Å². The quantitative estimate of drug-likeness (QED) is 0.438. The zero-order valence-electron chi connectivity index (χ0n) is 16.3. The first-order valence-electron chi connectivity index (χ1n) is 9.30. The van der Waals surface area contributed by atoms with E-state index in [1.165, 1.54) is 12.1 Å². The number of amides is 1. The molecule has 0 saturated heterocycles. The molecular weight excluding hydrogens is 407 g/mol. The second-order valence-electron chi connectivity index (χ2n) is 6.83. The molecule has 3 aromatic carbocycles. The molecule has 0 aliphatic rings. The summed E-state index contributed by atoms with van der Waals surface area (Å²) in [6.07, 6.45) is -4.42. The van der Waals surface area contributed by atoms with E-state index in [1.54, 1.807) is 24.3 Å². The van der Waals surface area contributed by atoms with Crippen LogP contribution in [0.4, 0.5) is 18.9 Å². The molecule has 0 spiro atoms. The van der Waals surface area contributed by atoms with Gasteiger partial charge in [-0.05, 0) is 67.1 Å². The Morgan fingerprint density at radius 3 is 2.16 bits per heavy atom. The number of carbonyl (C=O) groups is 1. The van der Waals surface area contributed by atoms with Crippen molar-refractivity contribution in [3.63, 3.8) is 0 Å². The Kier molecular flexibility index (Phi) is 5.29. The highest BCUT2D eigenvalue weighted by atomic mass is 19.4. The van der Waals surface area contributed by atoms with Gasteiger partial charge in [0.05, 0.1) is 5.56 Å². The Labute approximate surface area is 175 Å². The summed E-state index contributed by atoms with van der Waals surface area (Å²) in [6.45, 7) is 1.95. The van der Waals surface area contributed by atoms with Crippen LogP contribution in [0, 0.1) is 6.92 Å². The maximum Gasteiger partial charge on any atom is 0.416 e. The van der Waals surface area contributed by atoms with Crippen molar-refractivity contribution in [1.82, 2.24) is 10.2 Å². The van der Waals surface area contributed by atoms with Gasteiger partial charge in [-0.25, -0.2) is 0 Å². The van der Waals surface area contributed by atoms with Gasteiger partial charge < -0.3 is 9.73 Å². The third kappa shape index (κ3) is 4.48. The molecule has 31 heavy (non-hydrogen) atoms. The van der Waals surface area contributed by atoms with Crippen molar-refractivity contribution in [3.05, 3.63) is 89.5 Å². The molecule has 8 heteroatoms. The van der Waals surface area contributed by atoms with E-state index in [1.807, 2.05) is 31.2 Å². The number of rotatable bonds is 4. The first kappa shape index (κ1) is 20.3. The number of halogens is 3. The molecule has 1 N–H and O–H groups in total. The number of carbonyl (C=O) groups excluding carboxylic acids is 1. The van der Waals surface area contributed by atoms with Crippen LogP contribution in [-0.2, 0) is 6.18 Å². The largest absolute Gasteiger partial charge is 0.416 e. The van der Waals surface area contributed by atoms with E-state index in [9.17, 15) is 18.0 Å². The van der Waals surface area contributed by atoms with E-state index in [-0.39, 0.29) is 5.69 Å². The van der Waals surface area contributed by atoms with Crippen molar-refractivity contribution in [2.45, 2.75) is 13.1 Å². The lowest BCUT2D eigenvalue weighted by Crippen LogP contribution is -2.12. The topological polar surface area (TPSA) is 68.0 Å². The molecule has 4 aromatic rings. The molecule has 0 bridgehead atoms. The fourth-order valence-corrected chi connectivity index (χ4v) is 2.97. The van der Waals surface area contributed by atoms with Crippen LogP contribution in [0.25, 0.3) is 22.9 Å². The summed E-state index contributed by atoms with van der Waals surface area (Å²) in [4.78, 5) is 12.4. The Bertz CT molecular complexity index is 1210. The lowest BCUT2D eigenvalue weighted by molar-refractivity contribution is -0.137. The number of aromatic nitrogens is 2. The normalized spacial score (nSPS) is 11.4. The third-order valence-electron chi connectivity index (χ3n) is 4.66. The molecule has 4 rings (SSSR count). The van der Waals surface area contributed by atoms with Gasteiger partial charge in [-0.1, -0.05) is 18.2 Å². The molecule has 0 aliphatic heterocycles.